The Morgan fingerprint density at radius 1 is 0.625 bits per heavy atom. The molecule has 0 unspecified atom stereocenters. The van der Waals surface area contributed by atoms with Crippen molar-refractivity contribution in [2.75, 3.05) is 0 Å². The van der Waals surface area contributed by atoms with E-state index in [4.69, 9.17) is 4.42 Å². The fourth-order valence-electron chi connectivity index (χ4n) is 4.24. The number of para-hydroxylation sites is 3. The average molecular weight is 526 g/mol. The molecule has 0 bridgehead atoms. The van der Waals surface area contributed by atoms with Crippen LogP contribution in [0.2, 0.25) is 0 Å². The van der Waals surface area contributed by atoms with Gasteiger partial charge in [0.05, 0.1) is 21.9 Å². The summed E-state index contributed by atoms with van der Waals surface area (Å²) in [7, 11) is 0. The van der Waals surface area contributed by atoms with Gasteiger partial charge >= 0.3 is 5.63 Å². The van der Waals surface area contributed by atoms with Crippen LogP contribution in [0.5, 0.6) is 0 Å². The number of aryl methyl sites for hydroxylation is 4. The molecule has 40 heavy (non-hydrogen) atoms. The van der Waals surface area contributed by atoms with Crippen molar-refractivity contribution in [3.63, 3.8) is 0 Å². The van der Waals surface area contributed by atoms with Gasteiger partial charge in [0.2, 0.25) is 5.89 Å². The number of nitrogens with zero attached hydrogens (tertiary/aromatic N) is 2. The molecule has 6 aromatic rings. The molecule has 0 amide bonds. The zero-order valence-electron chi connectivity index (χ0n) is 23.1. The Hall–Kier alpha value is -5.03. The predicted octanol–water partition coefficient (Wildman–Crippen LogP) is 8.33. The van der Waals surface area contributed by atoms with Crippen LogP contribution in [0.15, 0.2) is 94.1 Å². The standard InChI is InChI=1S/C18H15NO2.C17H16N2/c1-12-7-8-14(11-13(12)2)9-10-17-19-16-6-4-3-5-15(16)18(20)21-17;1-12-7-8-14(11-13(12)2)9-10-17-18-15-5-3-4-6-16(15)19-17/h3-11H,1-2H3;3-11H,1-2H3,(H,18,19)/b2*10-9+. The largest absolute Gasteiger partial charge is 0.404 e. The molecule has 5 heteroatoms. The van der Waals surface area contributed by atoms with Crippen LogP contribution in [0.3, 0.4) is 0 Å². The van der Waals surface area contributed by atoms with Gasteiger partial charge in [-0.15, -0.1) is 0 Å². The molecule has 5 nitrogen and oxygen atoms in total. The number of hydrogen-bond donors (Lipinski definition) is 1. The lowest BCUT2D eigenvalue weighted by Gasteiger charge is -2.01. The highest BCUT2D eigenvalue weighted by Gasteiger charge is 2.03. The molecular formula is C35H31N3O2. The van der Waals surface area contributed by atoms with Gasteiger partial charge in [0, 0.05) is 6.08 Å². The van der Waals surface area contributed by atoms with Crippen molar-refractivity contribution in [3.05, 3.63) is 140 Å². The molecule has 4 aromatic carbocycles. The van der Waals surface area contributed by atoms with Gasteiger partial charge in [-0.3, -0.25) is 0 Å². The van der Waals surface area contributed by atoms with Crippen molar-refractivity contribution < 1.29 is 4.42 Å². The van der Waals surface area contributed by atoms with E-state index in [0.717, 1.165) is 22.4 Å². The molecular weight excluding hydrogens is 494 g/mol. The van der Waals surface area contributed by atoms with Gasteiger partial charge < -0.3 is 9.40 Å². The highest BCUT2D eigenvalue weighted by atomic mass is 16.4. The third-order valence-corrected chi connectivity index (χ3v) is 6.87. The number of aromatic nitrogens is 3. The lowest BCUT2D eigenvalue weighted by Crippen LogP contribution is -2.02. The third-order valence-electron chi connectivity index (χ3n) is 6.87. The van der Waals surface area contributed by atoms with Crippen molar-refractivity contribution in [2.24, 2.45) is 0 Å². The van der Waals surface area contributed by atoms with Gasteiger partial charge in [-0.25, -0.2) is 14.8 Å². The van der Waals surface area contributed by atoms with E-state index in [1.807, 2.05) is 48.6 Å². The van der Waals surface area contributed by atoms with E-state index < -0.39 is 0 Å². The van der Waals surface area contributed by atoms with Crippen molar-refractivity contribution in [3.8, 4) is 0 Å². The Kier molecular flexibility index (Phi) is 7.83. The number of nitrogens with one attached hydrogen (secondary N) is 1. The van der Waals surface area contributed by atoms with Gasteiger partial charge in [0.1, 0.15) is 5.82 Å². The van der Waals surface area contributed by atoms with Crippen LogP contribution in [-0.4, -0.2) is 15.0 Å². The SMILES string of the molecule is Cc1ccc(/C=C/c2nc3ccccc3[nH]2)cc1C.Cc1ccc(/C=C/c2nc3ccccc3c(=O)o2)cc1C. The Morgan fingerprint density at radius 2 is 1.23 bits per heavy atom. The van der Waals surface area contributed by atoms with Crippen LogP contribution in [0, 0.1) is 27.7 Å². The van der Waals surface area contributed by atoms with E-state index in [-0.39, 0.29) is 5.63 Å². The van der Waals surface area contributed by atoms with E-state index >= 15 is 0 Å². The van der Waals surface area contributed by atoms with Crippen LogP contribution >= 0.6 is 0 Å². The molecule has 0 saturated heterocycles. The molecule has 2 heterocycles. The molecule has 0 aliphatic rings. The van der Waals surface area contributed by atoms with E-state index in [1.54, 1.807) is 24.3 Å². The molecule has 0 aliphatic carbocycles. The van der Waals surface area contributed by atoms with Gasteiger partial charge in [-0.2, -0.15) is 0 Å². The Morgan fingerprint density at radius 3 is 1.88 bits per heavy atom. The average Bonchev–Trinajstić information content (AvgIpc) is 3.38. The van der Waals surface area contributed by atoms with Crippen LogP contribution < -0.4 is 5.63 Å². The highest BCUT2D eigenvalue weighted by molar-refractivity contribution is 5.79. The number of benzene rings is 4. The van der Waals surface area contributed by atoms with Gasteiger partial charge in [-0.05, 0) is 97.5 Å². The summed E-state index contributed by atoms with van der Waals surface area (Å²) in [6.07, 6.45) is 7.72. The first-order valence-electron chi connectivity index (χ1n) is 13.2. The first kappa shape index (κ1) is 26.6. The maximum absolute atomic E-state index is 11.9. The maximum atomic E-state index is 11.9. The minimum absolute atomic E-state index is 0.317. The summed E-state index contributed by atoms with van der Waals surface area (Å²) in [5, 5.41) is 0.501. The first-order valence-corrected chi connectivity index (χ1v) is 13.2. The summed E-state index contributed by atoms with van der Waals surface area (Å²) < 4.78 is 5.21. The predicted molar refractivity (Wildman–Crippen MR) is 166 cm³/mol. The summed E-state index contributed by atoms with van der Waals surface area (Å²) in [6.45, 7) is 8.41. The highest BCUT2D eigenvalue weighted by Crippen LogP contribution is 2.16. The number of H-pyrrole nitrogens is 1. The van der Waals surface area contributed by atoms with Gasteiger partial charge in [0.25, 0.3) is 0 Å². The van der Waals surface area contributed by atoms with Crippen molar-refractivity contribution in [1.29, 1.82) is 0 Å². The normalized spacial score (nSPS) is 11.4. The molecule has 2 aromatic heterocycles. The summed E-state index contributed by atoms with van der Waals surface area (Å²) in [5.41, 5.74) is 9.72. The minimum Gasteiger partial charge on any atom is -0.404 e. The summed E-state index contributed by atoms with van der Waals surface area (Å²) in [5.74, 6) is 1.20. The number of rotatable bonds is 4. The third kappa shape index (κ3) is 6.33. The summed E-state index contributed by atoms with van der Waals surface area (Å²) >= 11 is 0. The van der Waals surface area contributed by atoms with E-state index in [2.05, 4.69) is 79.1 Å². The van der Waals surface area contributed by atoms with E-state index in [1.165, 1.54) is 27.8 Å². The van der Waals surface area contributed by atoms with Gasteiger partial charge in [0.15, 0.2) is 0 Å². The minimum atomic E-state index is -0.361. The van der Waals surface area contributed by atoms with E-state index in [0.29, 0.717) is 16.8 Å². The number of aromatic amines is 1. The Balaban J connectivity index is 0.000000162. The van der Waals surface area contributed by atoms with E-state index in [9.17, 15) is 4.79 Å². The van der Waals surface area contributed by atoms with Crippen molar-refractivity contribution >= 4 is 46.2 Å². The quantitative estimate of drug-likeness (QED) is 0.251. The zero-order chi connectivity index (χ0) is 28.1. The monoisotopic (exact) mass is 525 g/mol. The van der Waals surface area contributed by atoms with Crippen LogP contribution in [-0.2, 0) is 0 Å². The summed E-state index contributed by atoms with van der Waals surface area (Å²) in [4.78, 5) is 24.0. The summed E-state index contributed by atoms with van der Waals surface area (Å²) in [6, 6.07) is 27.9. The fourth-order valence-corrected chi connectivity index (χ4v) is 4.24. The van der Waals surface area contributed by atoms with Gasteiger partial charge in [-0.1, -0.05) is 66.7 Å². The molecule has 0 atom stereocenters. The maximum Gasteiger partial charge on any atom is 0.347 e. The smallest absolute Gasteiger partial charge is 0.347 e. The second kappa shape index (κ2) is 11.8. The second-order valence-electron chi connectivity index (χ2n) is 9.85. The van der Waals surface area contributed by atoms with Crippen molar-refractivity contribution in [1.82, 2.24) is 15.0 Å². The molecule has 6 rings (SSSR count). The Bertz CT molecular complexity index is 1890. The zero-order valence-corrected chi connectivity index (χ0v) is 23.1. The number of fused-ring (bicyclic) bond motifs is 2. The molecule has 0 aliphatic heterocycles. The topological polar surface area (TPSA) is 71.8 Å². The van der Waals surface area contributed by atoms with Crippen LogP contribution in [0.4, 0.5) is 0 Å². The molecule has 0 spiro atoms. The first-order chi connectivity index (χ1) is 19.4. The van der Waals surface area contributed by atoms with Crippen LogP contribution in [0.25, 0.3) is 46.2 Å². The Labute approximate surface area is 233 Å². The molecule has 0 radical (unpaired) electrons. The molecule has 1 N–H and O–H groups in total. The van der Waals surface area contributed by atoms with Crippen molar-refractivity contribution in [2.45, 2.75) is 27.7 Å². The lowest BCUT2D eigenvalue weighted by molar-refractivity contribution is 0.491. The second-order valence-corrected chi connectivity index (χ2v) is 9.85. The molecule has 0 saturated carbocycles. The fraction of sp³-hybridized carbons (Fsp3) is 0.114. The molecule has 198 valence electrons. The number of imidazole rings is 1. The lowest BCUT2D eigenvalue weighted by atomic mass is 10.1. The number of hydrogen-bond acceptors (Lipinski definition) is 4. The molecule has 0 fully saturated rings. The van der Waals surface area contributed by atoms with Crippen LogP contribution in [0.1, 0.15) is 45.1 Å².